The Labute approximate surface area is 315 Å². The van der Waals surface area contributed by atoms with E-state index in [1.54, 1.807) is 0 Å². The zero-order chi connectivity index (χ0) is 34.9. The lowest BCUT2D eigenvalue weighted by atomic mass is 9.67. The first kappa shape index (κ1) is 32.2. The van der Waals surface area contributed by atoms with Crippen molar-refractivity contribution in [1.29, 1.82) is 0 Å². The molecule has 8 aromatic rings. The number of fused-ring (bicyclic) bond motifs is 3. The lowest BCUT2D eigenvalue weighted by Gasteiger charge is -2.34. The molecule has 8 aromatic carbocycles. The van der Waals surface area contributed by atoms with Crippen LogP contribution in [0.2, 0.25) is 0 Å². The maximum absolute atomic E-state index is 3.58. The first-order chi connectivity index (χ1) is 25.7. The van der Waals surface area contributed by atoms with Gasteiger partial charge in [0, 0.05) is 10.4 Å². The van der Waals surface area contributed by atoms with Crippen molar-refractivity contribution in [3.8, 4) is 33.4 Å². The zero-order valence-corrected chi connectivity index (χ0v) is 30.4. The molecule has 0 N–H and O–H groups in total. The number of benzene rings is 8. The molecule has 0 spiro atoms. The van der Waals surface area contributed by atoms with Crippen LogP contribution in [-0.4, -0.2) is 0 Å². The maximum Gasteiger partial charge on any atom is 0.0713 e. The largest absolute Gasteiger partial charge is 0.0713 e. The third kappa shape index (κ3) is 5.72. The Morgan fingerprint density at radius 2 is 0.846 bits per heavy atom. The Bertz CT molecular complexity index is 2410. The summed E-state index contributed by atoms with van der Waals surface area (Å²) in [6, 6.07) is 76.1. The fourth-order valence-corrected chi connectivity index (χ4v) is 8.62. The molecule has 0 amide bonds. The Hall–Kier alpha value is -5.76. The van der Waals surface area contributed by atoms with E-state index in [-0.39, 0.29) is 5.92 Å². The molecule has 1 aliphatic rings. The van der Waals surface area contributed by atoms with Crippen LogP contribution in [0.4, 0.5) is 0 Å². The van der Waals surface area contributed by atoms with Crippen LogP contribution in [0, 0.1) is 0 Å². The third-order valence-corrected chi connectivity index (χ3v) is 11.4. The minimum absolute atomic E-state index is 0.154. The van der Waals surface area contributed by atoms with Crippen molar-refractivity contribution >= 4 is 15.9 Å². The summed E-state index contributed by atoms with van der Waals surface area (Å²) in [7, 11) is 0. The predicted molar refractivity (Wildman–Crippen MR) is 221 cm³/mol. The topological polar surface area (TPSA) is 0 Å². The van der Waals surface area contributed by atoms with Gasteiger partial charge in [0.25, 0.3) is 0 Å². The molecule has 0 radical (unpaired) electrons. The molecule has 0 aliphatic heterocycles. The second-order valence-corrected chi connectivity index (χ2v) is 14.7. The van der Waals surface area contributed by atoms with Crippen LogP contribution in [0.1, 0.15) is 44.9 Å². The zero-order valence-electron chi connectivity index (χ0n) is 28.8. The van der Waals surface area contributed by atoms with Crippen molar-refractivity contribution in [1.82, 2.24) is 0 Å². The molecule has 0 bridgehead atoms. The van der Waals surface area contributed by atoms with Crippen molar-refractivity contribution in [2.24, 2.45) is 0 Å². The fraction of sp³-hybridized carbons (Fsp3) is 0.0588. The van der Waals surface area contributed by atoms with Gasteiger partial charge in [-0.05, 0) is 90.9 Å². The molecular formula is C51H37Br. The Morgan fingerprint density at radius 3 is 1.46 bits per heavy atom. The van der Waals surface area contributed by atoms with E-state index >= 15 is 0 Å². The van der Waals surface area contributed by atoms with Crippen molar-refractivity contribution in [2.75, 3.05) is 0 Å². The summed E-state index contributed by atoms with van der Waals surface area (Å²) >= 11 is 3.58. The standard InChI is InChI=1S/C51H37Br/c52-45-31-28-40(29-32-45)38-22-20-36(21-23-38)34-48(41-26-24-39(25-27-41)37-12-4-1-5-13-37)42-30-33-47-46-18-10-11-19-49(46)51(50(47)35-42,43-14-6-2-7-15-43)44-16-8-3-9-17-44/h1-33,35,48H,34H2. The van der Waals surface area contributed by atoms with Gasteiger partial charge in [0.2, 0.25) is 0 Å². The van der Waals surface area contributed by atoms with E-state index in [2.05, 4.69) is 222 Å². The number of rotatable bonds is 8. The maximum atomic E-state index is 3.58. The van der Waals surface area contributed by atoms with Gasteiger partial charge in [-0.2, -0.15) is 0 Å². The number of hydrogen-bond acceptors (Lipinski definition) is 0. The predicted octanol–water partition coefficient (Wildman–Crippen LogP) is 13.5. The fourth-order valence-electron chi connectivity index (χ4n) is 8.36. The number of hydrogen-bond donors (Lipinski definition) is 0. The molecule has 0 fully saturated rings. The van der Waals surface area contributed by atoms with Gasteiger partial charge in [-0.15, -0.1) is 0 Å². The monoisotopic (exact) mass is 728 g/mol. The molecule has 0 saturated carbocycles. The highest BCUT2D eigenvalue weighted by Gasteiger charge is 2.46. The van der Waals surface area contributed by atoms with Crippen molar-refractivity contribution in [3.05, 3.63) is 250 Å². The van der Waals surface area contributed by atoms with E-state index in [9.17, 15) is 0 Å². The average molecular weight is 730 g/mol. The highest BCUT2D eigenvalue weighted by atomic mass is 79.9. The molecule has 0 heterocycles. The van der Waals surface area contributed by atoms with Crippen molar-refractivity contribution in [2.45, 2.75) is 17.8 Å². The molecule has 0 saturated heterocycles. The lowest BCUT2D eigenvalue weighted by Crippen LogP contribution is -2.28. The van der Waals surface area contributed by atoms with E-state index in [0.717, 1.165) is 10.9 Å². The first-order valence-electron chi connectivity index (χ1n) is 18.0. The molecule has 9 rings (SSSR count). The molecular weight excluding hydrogens is 692 g/mol. The van der Waals surface area contributed by atoms with Crippen LogP contribution in [0.3, 0.4) is 0 Å². The normalized spacial score (nSPS) is 13.2. The van der Waals surface area contributed by atoms with Crippen LogP contribution in [-0.2, 0) is 11.8 Å². The molecule has 0 nitrogen and oxygen atoms in total. The highest BCUT2D eigenvalue weighted by Crippen LogP contribution is 2.56. The minimum Gasteiger partial charge on any atom is -0.0622 e. The van der Waals surface area contributed by atoms with Gasteiger partial charge in [-0.1, -0.05) is 210 Å². The molecule has 52 heavy (non-hydrogen) atoms. The summed E-state index contributed by atoms with van der Waals surface area (Å²) in [5, 5.41) is 0. The van der Waals surface area contributed by atoms with E-state index in [4.69, 9.17) is 0 Å². The van der Waals surface area contributed by atoms with Gasteiger partial charge in [0.1, 0.15) is 0 Å². The Morgan fingerprint density at radius 1 is 0.385 bits per heavy atom. The SMILES string of the molecule is Brc1ccc(-c2ccc(CC(c3ccc(-c4ccccc4)cc3)c3ccc4c(c3)C(c3ccccc3)(c3ccccc3)c3ccccc3-4)cc2)cc1. The molecule has 1 heteroatoms. The third-order valence-electron chi connectivity index (χ3n) is 10.9. The smallest absolute Gasteiger partial charge is 0.0622 e. The van der Waals surface area contributed by atoms with E-state index < -0.39 is 5.41 Å². The van der Waals surface area contributed by atoms with E-state index in [0.29, 0.717) is 0 Å². The van der Waals surface area contributed by atoms with Gasteiger partial charge in [0.05, 0.1) is 5.41 Å². The quantitative estimate of drug-likeness (QED) is 0.146. The second kappa shape index (κ2) is 13.8. The van der Waals surface area contributed by atoms with Gasteiger partial charge in [-0.3, -0.25) is 0 Å². The van der Waals surface area contributed by atoms with E-state index in [1.165, 1.54) is 72.3 Å². The van der Waals surface area contributed by atoms with Gasteiger partial charge < -0.3 is 0 Å². The molecule has 1 unspecified atom stereocenters. The van der Waals surface area contributed by atoms with Gasteiger partial charge in [-0.25, -0.2) is 0 Å². The summed E-state index contributed by atoms with van der Waals surface area (Å²) in [6.07, 6.45) is 0.890. The molecule has 248 valence electrons. The summed E-state index contributed by atoms with van der Waals surface area (Å²) in [5.74, 6) is 0.154. The van der Waals surface area contributed by atoms with Crippen LogP contribution in [0.5, 0.6) is 0 Å². The van der Waals surface area contributed by atoms with Crippen LogP contribution < -0.4 is 0 Å². The van der Waals surface area contributed by atoms with E-state index in [1.807, 2.05) is 0 Å². The van der Waals surface area contributed by atoms with Gasteiger partial charge in [0.15, 0.2) is 0 Å². The first-order valence-corrected chi connectivity index (χ1v) is 18.8. The van der Waals surface area contributed by atoms with Crippen LogP contribution in [0.25, 0.3) is 33.4 Å². The lowest BCUT2D eigenvalue weighted by molar-refractivity contribution is 0.756. The minimum atomic E-state index is -0.432. The Balaban J connectivity index is 1.20. The van der Waals surface area contributed by atoms with Crippen LogP contribution in [0.15, 0.2) is 211 Å². The van der Waals surface area contributed by atoms with Crippen LogP contribution >= 0.6 is 15.9 Å². The van der Waals surface area contributed by atoms with Gasteiger partial charge >= 0.3 is 0 Å². The van der Waals surface area contributed by atoms with Crippen molar-refractivity contribution in [3.63, 3.8) is 0 Å². The highest BCUT2D eigenvalue weighted by molar-refractivity contribution is 9.10. The molecule has 1 aliphatic carbocycles. The molecule has 1 atom stereocenters. The average Bonchev–Trinajstić information content (AvgIpc) is 3.52. The molecule has 0 aromatic heterocycles. The summed E-state index contributed by atoms with van der Waals surface area (Å²) < 4.78 is 1.09. The Kier molecular flexibility index (Phi) is 8.51. The summed E-state index contributed by atoms with van der Waals surface area (Å²) in [6.45, 7) is 0. The number of halogens is 1. The second-order valence-electron chi connectivity index (χ2n) is 13.8. The van der Waals surface area contributed by atoms with Crippen molar-refractivity contribution < 1.29 is 0 Å². The summed E-state index contributed by atoms with van der Waals surface area (Å²) in [4.78, 5) is 0. The summed E-state index contributed by atoms with van der Waals surface area (Å²) in [5.41, 5.74) is 16.3.